The predicted molar refractivity (Wildman–Crippen MR) is 92.3 cm³/mol. The highest BCUT2D eigenvalue weighted by molar-refractivity contribution is 7.14. The van der Waals surface area contributed by atoms with E-state index in [9.17, 15) is 9.59 Å². The first-order chi connectivity index (χ1) is 11.2. The Hall–Kier alpha value is -1.62. The van der Waals surface area contributed by atoms with Crippen molar-refractivity contribution >= 4 is 23.2 Å². The summed E-state index contributed by atoms with van der Waals surface area (Å²) >= 11 is 1.58. The van der Waals surface area contributed by atoms with E-state index in [0.717, 1.165) is 25.7 Å². The van der Waals surface area contributed by atoms with Gasteiger partial charge in [0.1, 0.15) is 0 Å². The number of allylic oxidation sites excluding steroid dienone is 2. The first kappa shape index (κ1) is 16.2. The number of rotatable bonds is 3. The summed E-state index contributed by atoms with van der Waals surface area (Å²) < 4.78 is 0. The highest BCUT2D eigenvalue weighted by Gasteiger charge is 2.17. The molecule has 0 bridgehead atoms. The number of hydrogen-bond acceptors (Lipinski definition) is 3. The van der Waals surface area contributed by atoms with Crippen molar-refractivity contribution in [2.45, 2.75) is 57.8 Å². The van der Waals surface area contributed by atoms with Crippen LogP contribution in [-0.2, 0) is 17.6 Å². The Morgan fingerprint density at radius 3 is 2.74 bits per heavy atom. The van der Waals surface area contributed by atoms with E-state index < -0.39 is 0 Å². The molecule has 1 atom stereocenters. The number of thiophene rings is 1. The minimum Gasteiger partial charge on any atom is -0.273 e. The van der Waals surface area contributed by atoms with E-state index in [0.29, 0.717) is 17.2 Å². The fourth-order valence-corrected chi connectivity index (χ4v) is 4.45. The molecule has 2 N–H and O–H groups in total. The van der Waals surface area contributed by atoms with Gasteiger partial charge >= 0.3 is 0 Å². The van der Waals surface area contributed by atoms with Crippen molar-refractivity contribution in [2.75, 3.05) is 0 Å². The molecule has 4 nitrogen and oxygen atoms in total. The molecule has 1 aromatic rings. The zero-order chi connectivity index (χ0) is 16.1. The standard InChI is InChI=1S/C18H24N2O2S/c21-17(11-13-7-5-6-8-13)19-20-18(22)16-12-14-9-3-1-2-4-10-15(14)23-16/h5,7,12-13H,1-4,6,8-11H2,(H,19,21)(H,20,22). The summed E-state index contributed by atoms with van der Waals surface area (Å²) in [6, 6.07) is 2.01. The number of carbonyl (C=O) groups is 2. The molecule has 1 heterocycles. The Kier molecular flexibility index (Phi) is 5.49. The van der Waals surface area contributed by atoms with Gasteiger partial charge in [-0.15, -0.1) is 11.3 Å². The summed E-state index contributed by atoms with van der Waals surface area (Å²) in [5.41, 5.74) is 6.43. The molecule has 3 rings (SSSR count). The Labute approximate surface area is 141 Å². The summed E-state index contributed by atoms with van der Waals surface area (Å²) in [5.74, 6) is -0.00432. The van der Waals surface area contributed by atoms with Gasteiger partial charge in [0.25, 0.3) is 5.91 Å². The van der Waals surface area contributed by atoms with Gasteiger partial charge in [-0.05, 0) is 56.1 Å². The number of carbonyl (C=O) groups excluding carboxylic acids is 2. The number of nitrogens with one attached hydrogen (secondary N) is 2. The molecule has 0 fully saturated rings. The lowest BCUT2D eigenvalue weighted by Gasteiger charge is -2.09. The number of hydrogen-bond donors (Lipinski definition) is 2. The molecule has 1 unspecified atom stereocenters. The topological polar surface area (TPSA) is 58.2 Å². The van der Waals surface area contributed by atoms with E-state index in [4.69, 9.17) is 0 Å². The maximum Gasteiger partial charge on any atom is 0.279 e. The summed E-state index contributed by atoms with van der Waals surface area (Å²) in [7, 11) is 0. The number of amides is 2. The largest absolute Gasteiger partial charge is 0.279 e. The molecular weight excluding hydrogens is 308 g/mol. The van der Waals surface area contributed by atoms with Gasteiger partial charge in [0.15, 0.2) is 0 Å². The Morgan fingerprint density at radius 2 is 1.96 bits per heavy atom. The van der Waals surface area contributed by atoms with Crippen LogP contribution in [0, 0.1) is 5.92 Å². The van der Waals surface area contributed by atoms with Crippen molar-refractivity contribution in [3.63, 3.8) is 0 Å². The molecule has 1 aromatic heterocycles. The first-order valence-electron chi connectivity index (χ1n) is 8.60. The molecule has 2 aliphatic rings. The number of aryl methyl sites for hydroxylation is 2. The lowest BCUT2D eigenvalue weighted by molar-refractivity contribution is -0.122. The van der Waals surface area contributed by atoms with Crippen LogP contribution in [0.5, 0.6) is 0 Å². The molecule has 0 saturated carbocycles. The number of fused-ring (bicyclic) bond motifs is 1. The molecule has 124 valence electrons. The van der Waals surface area contributed by atoms with E-state index in [1.54, 1.807) is 11.3 Å². The molecule has 2 aliphatic carbocycles. The third-order valence-electron chi connectivity index (χ3n) is 4.60. The van der Waals surface area contributed by atoms with E-state index in [-0.39, 0.29) is 11.8 Å². The Morgan fingerprint density at radius 1 is 1.13 bits per heavy atom. The van der Waals surface area contributed by atoms with Gasteiger partial charge in [0, 0.05) is 11.3 Å². The molecule has 0 radical (unpaired) electrons. The highest BCUT2D eigenvalue weighted by Crippen LogP contribution is 2.28. The van der Waals surface area contributed by atoms with Crippen molar-refractivity contribution in [2.24, 2.45) is 5.92 Å². The summed E-state index contributed by atoms with van der Waals surface area (Å²) in [6.45, 7) is 0. The molecule has 0 aliphatic heterocycles. The molecule has 0 aromatic carbocycles. The van der Waals surface area contributed by atoms with Crippen LogP contribution in [-0.4, -0.2) is 11.8 Å². The van der Waals surface area contributed by atoms with Crippen molar-refractivity contribution in [1.29, 1.82) is 0 Å². The number of hydrazine groups is 1. The minimum atomic E-state index is -0.197. The lowest BCUT2D eigenvalue weighted by atomic mass is 10.00. The fraction of sp³-hybridized carbons (Fsp3) is 0.556. The van der Waals surface area contributed by atoms with E-state index in [1.165, 1.54) is 36.1 Å². The van der Waals surface area contributed by atoms with Gasteiger partial charge < -0.3 is 0 Å². The minimum absolute atomic E-state index is 0.121. The van der Waals surface area contributed by atoms with Gasteiger partial charge in [-0.1, -0.05) is 25.0 Å². The summed E-state index contributed by atoms with van der Waals surface area (Å²) in [5, 5.41) is 0. The van der Waals surface area contributed by atoms with Crippen LogP contribution in [0.1, 0.15) is 65.1 Å². The van der Waals surface area contributed by atoms with Crippen molar-refractivity contribution in [3.8, 4) is 0 Å². The van der Waals surface area contributed by atoms with Gasteiger partial charge in [0.05, 0.1) is 4.88 Å². The normalized spacial score (nSPS) is 20.4. The second-order valence-corrected chi connectivity index (χ2v) is 7.58. The van der Waals surface area contributed by atoms with Crippen LogP contribution in [0.4, 0.5) is 0 Å². The summed E-state index contributed by atoms with van der Waals surface area (Å²) in [6.07, 6.45) is 13.8. The SMILES string of the molecule is O=C(CC1C=CCC1)NNC(=O)c1cc2c(s1)CCCCCC2. The Balaban J connectivity index is 1.52. The molecular formula is C18H24N2O2S. The molecule has 0 spiro atoms. The second-order valence-electron chi connectivity index (χ2n) is 6.45. The Bertz CT molecular complexity index is 581. The summed E-state index contributed by atoms with van der Waals surface area (Å²) in [4.78, 5) is 26.2. The maximum absolute atomic E-state index is 12.2. The smallest absolute Gasteiger partial charge is 0.273 e. The van der Waals surface area contributed by atoms with Crippen LogP contribution in [0.15, 0.2) is 18.2 Å². The van der Waals surface area contributed by atoms with Crippen LogP contribution < -0.4 is 10.9 Å². The second kappa shape index (κ2) is 7.77. The fourth-order valence-electron chi connectivity index (χ4n) is 3.30. The van der Waals surface area contributed by atoms with Gasteiger partial charge in [-0.3, -0.25) is 20.4 Å². The van der Waals surface area contributed by atoms with Gasteiger partial charge in [0.2, 0.25) is 5.91 Å². The monoisotopic (exact) mass is 332 g/mol. The lowest BCUT2D eigenvalue weighted by Crippen LogP contribution is -2.41. The zero-order valence-corrected chi connectivity index (χ0v) is 14.2. The average molecular weight is 332 g/mol. The molecule has 23 heavy (non-hydrogen) atoms. The predicted octanol–water partition coefficient (Wildman–Crippen LogP) is 3.52. The van der Waals surface area contributed by atoms with Crippen LogP contribution in [0.2, 0.25) is 0 Å². The molecule has 2 amide bonds. The highest BCUT2D eigenvalue weighted by atomic mass is 32.1. The zero-order valence-electron chi connectivity index (χ0n) is 13.4. The first-order valence-corrected chi connectivity index (χ1v) is 9.41. The maximum atomic E-state index is 12.2. The third kappa shape index (κ3) is 4.44. The van der Waals surface area contributed by atoms with Crippen LogP contribution in [0.25, 0.3) is 0 Å². The van der Waals surface area contributed by atoms with E-state index in [2.05, 4.69) is 23.0 Å². The van der Waals surface area contributed by atoms with Gasteiger partial charge in [-0.2, -0.15) is 0 Å². The van der Waals surface area contributed by atoms with Crippen LogP contribution >= 0.6 is 11.3 Å². The van der Waals surface area contributed by atoms with Crippen LogP contribution in [0.3, 0.4) is 0 Å². The molecule has 5 heteroatoms. The van der Waals surface area contributed by atoms with E-state index in [1.807, 2.05) is 6.07 Å². The van der Waals surface area contributed by atoms with E-state index >= 15 is 0 Å². The molecule has 0 saturated heterocycles. The van der Waals surface area contributed by atoms with Gasteiger partial charge in [-0.25, -0.2) is 0 Å². The van der Waals surface area contributed by atoms with Crippen molar-refractivity contribution in [1.82, 2.24) is 10.9 Å². The van der Waals surface area contributed by atoms with Crippen molar-refractivity contribution < 1.29 is 9.59 Å². The third-order valence-corrected chi connectivity index (χ3v) is 5.83. The average Bonchev–Trinajstić information content (AvgIpc) is 3.15. The quantitative estimate of drug-likeness (QED) is 0.657. The van der Waals surface area contributed by atoms with Crippen molar-refractivity contribution in [3.05, 3.63) is 33.5 Å².